The van der Waals surface area contributed by atoms with Gasteiger partial charge in [0.1, 0.15) is 17.5 Å². The molecule has 0 amide bonds. The third-order valence-corrected chi connectivity index (χ3v) is 7.61. The average Bonchev–Trinajstić information content (AvgIpc) is 2.78. The second-order valence-electron chi connectivity index (χ2n) is 9.62. The Bertz CT molecular complexity index is 967. The van der Waals surface area contributed by atoms with Crippen molar-refractivity contribution in [2.24, 2.45) is 17.8 Å². The van der Waals surface area contributed by atoms with Crippen molar-refractivity contribution in [2.75, 3.05) is 0 Å². The van der Waals surface area contributed by atoms with Crippen LogP contribution in [0.3, 0.4) is 0 Å². The van der Waals surface area contributed by atoms with Crippen LogP contribution in [0.15, 0.2) is 55.1 Å². The van der Waals surface area contributed by atoms with Gasteiger partial charge < -0.3 is 0 Å². The number of aryl methyl sites for hydroxylation is 1. The molecule has 0 heterocycles. The van der Waals surface area contributed by atoms with Gasteiger partial charge in [0.05, 0.1) is 5.56 Å². The maximum atomic E-state index is 15.1. The van der Waals surface area contributed by atoms with Crippen LogP contribution in [-0.4, -0.2) is 0 Å². The van der Waals surface area contributed by atoms with Gasteiger partial charge in [0.15, 0.2) is 0 Å². The Labute approximate surface area is 190 Å². The van der Waals surface area contributed by atoms with Crippen molar-refractivity contribution < 1.29 is 13.2 Å². The first kappa shape index (κ1) is 22.9. The van der Waals surface area contributed by atoms with Crippen LogP contribution in [0.4, 0.5) is 13.2 Å². The monoisotopic (exact) mass is 438 g/mol. The molecule has 2 saturated carbocycles. The zero-order valence-electron chi connectivity index (χ0n) is 18.9. The van der Waals surface area contributed by atoms with Crippen LogP contribution >= 0.6 is 0 Å². The minimum absolute atomic E-state index is 0.136. The highest BCUT2D eigenvalue weighted by Gasteiger charge is 2.35. The summed E-state index contributed by atoms with van der Waals surface area (Å²) in [5.41, 5.74) is 1.40. The Morgan fingerprint density at radius 1 is 0.906 bits per heavy atom. The summed E-state index contributed by atoms with van der Waals surface area (Å²) < 4.78 is 44.6. The maximum Gasteiger partial charge on any atom is 0.134 e. The molecule has 2 aliphatic rings. The second-order valence-corrected chi connectivity index (χ2v) is 9.62. The molecule has 4 unspecified atom stereocenters. The fraction of sp³-hybridized carbons (Fsp3) is 0.448. The molecule has 0 N–H and O–H groups in total. The maximum absolute atomic E-state index is 15.1. The van der Waals surface area contributed by atoms with Crippen molar-refractivity contribution in [3.05, 3.63) is 83.7 Å². The number of allylic oxidation sites excluding steroid dienone is 3. The molecule has 2 fully saturated rings. The van der Waals surface area contributed by atoms with E-state index in [0.29, 0.717) is 30.2 Å². The standard InChI is InChI=1S/C29H33F3/c1-3-5-7-20-10-13-24(16-26(20)30)29-27(31)17-25(18-28(29)32)23-12-11-21-14-19(6-4-2)8-9-22(21)15-23/h3-4,6,10,13,16-19,21-23H,1,5,7-9,11-12,14-15H2,2H3/b6-4+. The van der Waals surface area contributed by atoms with E-state index in [1.54, 1.807) is 18.2 Å². The Kier molecular flexibility index (Phi) is 7.23. The summed E-state index contributed by atoms with van der Waals surface area (Å²) in [6.45, 7) is 5.73. The molecule has 0 nitrogen and oxygen atoms in total. The molecule has 2 aliphatic carbocycles. The Balaban J connectivity index is 1.51. The van der Waals surface area contributed by atoms with Gasteiger partial charge in [-0.15, -0.1) is 6.58 Å². The summed E-state index contributed by atoms with van der Waals surface area (Å²) in [6.07, 6.45) is 14.2. The Hall–Kier alpha value is -2.29. The Morgan fingerprint density at radius 2 is 1.62 bits per heavy atom. The van der Waals surface area contributed by atoms with E-state index in [1.165, 1.54) is 37.5 Å². The first-order chi connectivity index (χ1) is 15.5. The van der Waals surface area contributed by atoms with Gasteiger partial charge in [-0.05, 0) is 117 Å². The third kappa shape index (κ3) is 4.87. The van der Waals surface area contributed by atoms with E-state index in [4.69, 9.17) is 0 Å². The van der Waals surface area contributed by atoms with Crippen LogP contribution in [0.1, 0.15) is 68.9 Å². The average molecular weight is 439 g/mol. The largest absolute Gasteiger partial charge is 0.207 e. The molecule has 2 aromatic carbocycles. The van der Waals surface area contributed by atoms with Crippen molar-refractivity contribution in [1.29, 1.82) is 0 Å². The van der Waals surface area contributed by atoms with Gasteiger partial charge in [-0.25, -0.2) is 13.2 Å². The number of hydrogen-bond acceptors (Lipinski definition) is 0. The van der Waals surface area contributed by atoms with Crippen LogP contribution in [0.5, 0.6) is 0 Å². The normalized spacial score (nSPS) is 25.6. The molecule has 0 saturated heterocycles. The zero-order valence-corrected chi connectivity index (χ0v) is 18.9. The van der Waals surface area contributed by atoms with Gasteiger partial charge in [0.2, 0.25) is 0 Å². The first-order valence-corrected chi connectivity index (χ1v) is 12.0. The summed E-state index contributed by atoms with van der Waals surface area (Å²) in [7, 11) is 0. The first-order valence-electron chi connectivity index (χ1n) is 12.0. The summed E-state index contributed by atoms with van der Waals surface area (Å²) in [5, 5.41) is 0. The van der Waals surface area contributed by atoms with Crippen molar-refractivity contribution in [3.63, 3.8) is 0 Å². The molecule has 3 heteroatoms. The predicted molar refractivity (Wildman–Crippen MR) is 126 cm³/mol. The lowest BCUT2D eigenvalue weighted by Crippen LogP contribution is -2.30. The van der Waals surface area contributed by atoms with Crippen molar-refractivity contribution in [1.82, 2.24) is 0 Å². The lowest BCUT2D eigenvalue weighted by molar-refractivity contribution is 0.133. The molecule has 4 atom stereocenters. The smallest absolute Gasteiger partial charge is 0.134 e. The van der Waals surface area contributed by atoms with Crippen LogP contribution in [0.2, 0.25) is 0 Å². The number of hydrogen-bond donors (Lipinski definition) is 0. The summed E-state index contributed by atoms with van der Waals surface area (Å²) in [5.74, 6) is 0.644. The molecule has 170 valence electrons. The molecular weight excluding hydrogens is 405 g/mol. The van der Waals surface area contributed by atoms with Gasteiger partial charge in [0, 0.05) is 0 Å². The van der Waals surface area contributed by atoms with Crippen molar-refractivity contribution in [3.8, 4) is 11.1 Å². The molecule has 32 heavy (non-hydrogen) atoms. The molecule has 2 aromatic rings. The predicted octanol–water partition coefficient (Wildman–Crippen LogP) is 8.77. The van der Waals surface area contributed by atoms with E-state index in [0.717, 1.165) is 30.7 Å². The van der Waals surface area contributed by atoms with Gasteiger partial charge in [-0.2, -0.15) is 0 Å². The number of halogens is 3. The van der Waals surface area contributed by atoms with Crippen LogP contribution < -0.4 is 0 Å². The minimum atomic E-state index is -0.600. The third-order valence-electron chi connectivity index (χ3n) is 7.61. The lowest BCUT2D eigenvalue weighted by atomic mass is 9.64. The van der Waals surface area contributed by atoms with E-state index in [-0.39, 0.29) is 17.0 Å². The van der Waals surface area contributed by atoms with Gasteiger partial charge >= 0.3 is 0 Å². The molecule has 0 aromatic heterocycles. The minimum Gasteiger partial charge on any atom is -0.207 e. The second kappa shape index (κ2) is 10.1. The quantitative estimate of drug-likeness (QED) is 0.395. The summed E-state index contributed by atoms with van der Waals surface area (Å²) in [6, 6.07) is 7.44. The highest BCUT2D eigenvalue weighted by atomic mass is 19.1. The van der Waals surface area contributed by atoms with Gasteiger partial charge in [0.25, 0.3) is 0 Å². The van der Waals surface area contributed by atoms with Crippen molar-refractivity contribution in [2.45, 2.75) is 64.2 Å². The number of fused-ring (bicyclic) bond motifs is 1. The van der Waals surface area contributed by atoms with Crippen LogP contribution in [-0.2, 0) is 6.42 Å². The number of benzene rings is 2. The zero-order chi connectivity index (χ0) is 22.7. The lowest BCUT2D eigenvalue weighted by Gasteiger charge is -2.42. The van der Waals surface area contributed by atoms with E-state index in [2.05, 4.69) is 25.7 Å². The van der Waals surface area contributed by atoms with Gasteiger partial charge in [-0.3, -0.25) is 0 Å². The molecule has 0 radical (unpaired) electrons. The van der Waals surface area contributed by atoms with Crippen LogP contribution in [0.25, 0.3) is 11.1 Å². The SMILES string of the molecule is C=CCCc1ccc(-c2c(F)cc(C3CCC4CC(/C=C/C)CCC4C3)cc2F)cc1F. The molecule has 0 aliphatic heterocycles. The van der Waals surface area contributed by atoms with E-state index in [9.17, 15) is 4.39 Å². The van der Waals surface area contributed by atoms with E-state index in [1.807, 2.05) is 0 Å². The molecule has 0 spiro atoms. The fourth-order valence-electron chi connectivity index (χ4n) is 5.94. The highest BCUT2D eigenvalue weighted by Crippen LogP contribution is 2.48. The number of rotatable bonds is 6. The summed E-state index contributed by atoms with van der Waals surface area (Å²) in [4.78, 5) is 0. The topological polar surface area (TPSA) is 0 Å². The summed E-state index contributed by atoms with van der Waals surface area (Å²) >= 11 is 0. The molecule has 4 rings (SSSR count). The van der Waals surface area contributed by atoms with Crippen molar-refractivity contribution >= 4 is 0 Å². The van der Waals surface area contributed by atoms with E-state index >= 15 is 8.78 Å². The van der Waals surface area contributed by atoms with Gasteiger partial charge in [-0.1, -0.05) is 30.4 Å². The highest BCUT2D eigenvalue weighted by molar-refractivity contribution is 5.66. The van der Waals surface area contributed by atoms with Crippen LogP contribution in [0, 0.1) is 35.2 Å². The Morgan fingerprint density at radius 3 is 2.31 bits per heavy atom. The molecular formula is C29H33F3. The fourth-order valence-corrected chi connectivity index (χ4v) is 5.94. The molecule has 0 bridgehead atoms. The van der Waals surface area contributed by atoms with E-state index < -0.39 is 17.5 Å².